The minimum Gasteiger partial charge on any atom is -0.449 e. The third kappa shape index (κ3) is 5.28. The molecule has 0 saturated carbocycles. The van der Waals surface area contributed by atoms with Gasteiger partial charge in [0, 0.05) is 17.7 Å². The van der Waals surface area contributed by atoms with E-state index in [1.807, 2.05) is 19.9 Å². The number of ether oxygens (including phenoxy) is 1. The van der Waals surface area contributed by atoms with Gasteiger partial charge in [0.2, 0.25) is 0 Å². The van der Waals surface area contributed by atoms with Crippen molar-refractivity contribution in [2.45, 2.75) is 26.9 Å². The number of benzene rings is 2. The zero-order chi connectivity index (χ0) is 19.1. The lowest BCUT2D eigenvalue weighted by Crippen LogP contribution is -2.37. The van der Waals surface area contributed by atoms with Gasteiger partial charge in [-0.1, -0.05) is 56.3 Å². The monoisotopic (exact) mass is 353 g/mol. The van der Waals surface area contributed by atoms with Crippen LogP contribution in [0.15, 0.2) is 54.6 Å². The average molecular weight is 353 g/mol. The van der Waals surface area contributed by atoms with Crippen LogP contribution in [0.5, 0.6) is 0 Å². The van der Waals surface area contributed by atoms with Crippen LogP contribution in [0.4, 0.5) is 0 Å². The van der Waals surface area contributed by atoms with Crippen molar-refractivity contribution in [3.63, 3.8) is 0 Å². The summed E-state index contributed by atoms with van der Waals surface area (Å²) in [7, 11) is 0. The lowest BCUT2D eigenvalue weighted by Gasteiger charge is -2.14. The van der Waals surface area contributed by atoms with E-state index in [1.54, 1.807) is 36.4 Å². The van der Waals surface area contributed by atoms with Gasteiger partial charge >= 0.3 is 5.97 Å². The molecule has 0 bridgehead atoms. The Balaban J connectivity index is 1.98. The number of nitrogens with one attached hydrogen (secondary N) is 1. The summed E-state index contributed by atoms with van der Waals surface area (Å²) in [6, 6.07) is 15.1. The molecule has 0 fully saturated rings. The van der Waals surface area contributed by atoms with Crippen LogP contribution < -0.4 is 5.32 Å². The first-order valence-electron chi connectivity index (χ1n) is 8.57. The van der Waals surface area contributed by atoms with Crippen molar-refractivity contribution in [2.75, 3.05) is 6.54 Å². The van der Waals surface area contributed by atoms with Crippen LogP contribution in [-0.2, 0) is 9.53 Å². The molecule has 5 heteroatoms. The molecule has 1 atom stereocenters. The molecule has 0 spiro atoms. The molecule has 1 amide bonds. The molecule has 26 heavy (non-hydrogen) atoms. The summed E-state index contributed by atoms with van der Waals surface area (Å²) in [6.45, 7) is 6.02. The van der Waals surface area contributed by atoms with Crippen LogP contribution >= 0.6 is 0 Å². The molecule has 1 N–H and O–H groups in total. The summed E-state index contributed by atoms with van der Waals surface area (Å²) < 4.78 is 5.18. The van der Waals surface area contributed by atoms with E-state index >= 15 is 0 Å². The molecule has 136 valence electrons. The Hall–Kier alpha value is -2.95. The minimum atomic E-state index is -0.883. The number of esters is 1. The first-order chi connectivity index (χ1) is 12.4. The Kier molecular flexibility index (Phi) is 6.67. The van der Waals surface area contributed by atoms with E-state index in [2.05, 4.69) is 5.32 Å². The molecular formula is C21H23NO4. The van der Waals surface area contributed by atoms with Gasteiger partial charge < -0.3 is 10.1 Å². The molecule has 0 unspecified atom stereocenters. The fraction of sp³-hybridized carbons (Fsp3) is 0.286. The van der Waals surface area contributed by atoms with E-state index in [0.29, 0.717) is 23.6 Å². The molecule has 0 heterocycles. The van der Waals surface area contributed by atoms with Gasteiger partial charge in [0.05, 0.1) is 5.56 Å². The van der Waals surface area contributed by atoms with E-state index in [0.717, 1.165) is 0 Å². The van der Waals surface area contributed by atoms with E-state index in [9.17, 15) is 14.4 Å². The van der Waals surface area contributed by atoms with Gasteiger partial charge in [-0.2, -0.15) is 0 Å². The van der Waals surface area contributed by atoms with Crippen LogP contribution in [-0.4, -0.2) is 30.3 Å². The second kappa shape index (κ2) is 8.94. The van der Waals surface area contributed by atoms with Gasteiger partial charge in [0.1, 0.15) is 0 Å². The van der Waals surface area contributed by atoms with Crippen LogP contribution in [0.3, 0.4) is 0 Å². The average Bonchev–Trinajstić information content (AvgIpc) is 2.66. The van der Waals surface area contributed by atoms with Gasteiger partial charge in [-0.25, -0.2) is 4.79 Å². The first kappa shape index (κ1) is 19.4. The predicted octanol–water partition coefficient (Wildman–Crippen LogP) is 3.24. The summed E-state index contributed by atoms with van der Waals surface area (Å²) in [5, 5.41) is 2.72. The number of carbonyl (C=O) groups is 3. The second-order valence-electron chi connectivity index (χ2n) is 6.46. The molecule has 0 aromatic heterocycles. The van der Waals surface area contributed by atoms with Crippen molar-refractivity contribution < 1.29 is 19.1 Å². The molecular weight excluding hydrogens is 330 g/mol. The van der Waals surface area contributed by atoms with Gasteiger partial charge in [0.15, 0.2) is 11.9 Å². The van der Waals surface area contributed by atoms with Crippen molar-refractivity contribution in [3.05, 3.63) is 71.3 Å². The summed E-state index contributed by atoms with van der Waals surface area (Å²) in [5.74, 6) is -0.734. The van der Waals surface area contributed by atoms with Crippen molar-refractivity contribution >= 4 is 17.7 Å². The van der Waals surface area contributed by atoms with Crippen LogP contribution in [0.25, 0.3) is 0 Å². The lowest BCUT2D eigenvalue weighted by atomic mass is 10.0. The van der Waals surface area contributed by atoms with Gasteiger partial charge in [-0.3, -0.25) is 9.59 Å². The number of hydrogen-bond donors (Lipinski definition) is 1. The summed E-state index contributed by atoms with van der Waals surface area (Å²) in [6.07, 6.45) is -0.883. The molecule has 2 aromatic carbocycles. The second-order valence-corrected chi connectivity index (χ2v) is 6.46. The van der Waals surface area contributed by atoms with Crippen LogP contribution in [0.1, 0.15) is 47.1 Å². The highest BCUT2D eigenvalue weighted by molar-refractivity contribution is 6.09. The van der Waals surface area contributed by atoms with E-state index in [4.69, 9.17) is 4.74 Å². The largest absolute Gasteiger partial charge is 0.449 e. The topological polar surface area (TPSA) is 72.5 Å². The molecule has 5 nitrogen and oxygen atoms in total. The Bertz CT molecular complexity index is 766. The van der Waals surface area contributed by atoms with E-state index < -0.39 is 12.1 Å². The standard InChI is InChI=1S/C21H23NO4/c1-14(2)13-22-20(24)15(3)26-21(25)18-11-9-17(10-12-18)19(23)16-7-5-4-6-8-16/h4-12,14-15H,13H2,1-3H3,(H,22,24)/t15-/m1/s1. The fourth-order valence-corrected chi connectivity index (χ4v) is 2.24. The molecule has 0 aliphatic rings. The first-order valence-corrected chi connectivity index (χ1v) is 8.57. The Labute approximate surface area is 153 Å². The highest BCUT2D eigenvalue weighted by Gasteiger charge is 2.19. The lowest BCUT2D eigenvalue weighted by molar-refractivity contribution is -0.129. The maximum Gasteiger partial charge on any atom is 0.338 e. The van der Waals surface area contributed by atoms with Gasteiger partial charge in [-0.15, -0.1) is 0 Å². The number of hydrogen-bond acceptors (Lipinski definition) is 4. The quantitative estimate of drug-likeness (QED) is 0.613. The smallest absolute Gasteiger partial charge is 0.338 e. The zero-order valence-electron chi connectivity index (χ0n) is 15.2. The summed E-state index contributed by atoms with van der Waals surface area (Å²) >= 11 is 0. The van der Waals surface area contributed by atoms with E-state index in [-0.39, 0.29) is 17.3 Å². The van der Waals surface area contributed by atoms with Crippen LogP contribution in [0, 0.1) is 5.92 Å². The van der Waals surface area contributed by atoms with Crippen molar-refractivity contribution in [3.8, 4) is 0 Å². The van der Waals surface area contributed by atoms with Crippen molar-refractivity contribution in [1.29, 1.82) is 0 Å². The summed E-state index contributed by atoms with van der Waals surface area (Å²) in [5.41, 5.74) is 1.35. The number of carbonyl (C=O) groups excluding carboxylic acids is 3. The molecule has 0 aliphatic carbocycles. The molecule has 0 saturated heterocycles. The van der Waals surface area contributed by atoms with Gasteiger partial charge in [0.25, 0.3) is 5.91 Å². The molecule has 2 rings (SSSR count). The Morgan fingerprint density at radius 2 is 1.38 bits per heavy atom. The number of ketones is 1. The summed E-state index contributed by atoms with van der Waals surface area (Å²) in [4.78, 5) is 36.4. The number of rotatable bonds is 7. The number of amides is 1. The third-order valence-electron chi connectivity index (χ3n) is 3.76. The minimum absolute atomic E-state index is 0.119. The highest BCUT2D eigenvalue weighted by Crippen LogP contribution is 2.12. The van der Waals surface area contributed by atoms with Crippen LogP contribution in [0.2, 0.25) is 0 Å². The van der Waals surface area contributed by atoms with Gasteiger partial charge in [-0.05, 0) is 25.0 Å². The molecule has 0 aliphatic heterocycles. The maximum absolute atomic E-state index is 12.4. The normalized spacial score (nSPS) is 11.7. The van der Waals surface area contributed by atoms with Crippen molar-refractivity contribution in [2.24, 2.45) is 5.92 Å². The third-order valence-corrected chi connectivity index (χ3v) is 3.76. The maximum atomic E-state index is 12.4. The fourth-order valence-electron chi connectivity index (χ4n) is 2.24. The van der Waals surface area contributed by atoms with E-state index in [1.165, 1.54) is 19.1 Å². The Morgan fingerprint density at radius 1 is 0.846 bits per heavy atom. The predicted molar refractivity (Wildman–Crippen MR) is 99.0 cm³/mol. The molecule has 0 radical (unpaired) electrons. The highest BCUT2D eigenvalue weighted by atomic mass is 16.5. The van der Waals surface area contributed by atoms with Crippen molar-refractivity contribution in [1.82, 2.24) is 5.32 Å². The Morgan fingerprint density at radius 3 is 1.96 bits per heavy atom. The molecule has 2 aromatic rings. The SMILES string of the molecule is CC(C)CNC(=O)[C@@H](C)OC(=O)c1ccc(C(=O)c2ccccc2)cc1. The zero-order valence-corrected chi connectivity index (χ0v) is 15.2.